The van der Waals surface area contributed by atoms with Gasteiger partial charge in [-0.25, -0.2) is 9.37 Å². The van der Waals surface area contributed by atoms with Crippen LogP contribution < -0.4 is 0 Å². The summed E-state index contributed by atoms with van der Waals surface area (Å²) in [5.41, 5.74) is 2.01. The van der Waals surface area contributed by atoms with E-state index in [1.807, 2.05) is 6.92 Å². The molecule has 0 unspecified atom stereocenters. The molecule has 0 aliphatic heterocycles. The third kappa shape index (κ3) is 5.55. The third-order valence-corrected chi connectivity index (χ3v) is 2.59. The van der Waals surface area contributed by atoms with Crippen LogP contribution in [0.2, 0.25) is 0 Å². The molecule has 0 atom stereocenters. The van der Waals surface area contributed by atoms with Gasteiger partial charge in [0.05, 0.1) is 6.20 Å². The van der Waals surface area contributed by atoms with Crippen LogP contribution in [0.3, 0.4) is 0 Å². The summed E-state index contributed by atoms with van der Waals surface area (Å²) < 4.78 is 24.5. The highest BCUT2D eigenvalue weighted by atomic mass is 19.1. The van der Waals surface area contributed by atoms with E-state index >= 15 is 0 Å². The molecular weight excluding hydrogens is 246 g/mol. The van der Waals surface area contributed by atoms with E-state index in [4.69, 9.17) is 0 Å². The van der Waals surface area contributed by atoms with Crippen molar-refractivity contribution in [2.75, 3.05) is 0 Å². The highest BCUT2D eigenvalue weighted by Crippen LogP contribution is 2.11. The second-order valence-corrected chi connectivity index (χ2v) is 4.43. The van der Waals surface area contributed by atoms with Gasteiger partial charge < -0.3 is 0 Å². The summed E-state index contributed by atoms with van der Waals surface area (Å²) in [5.74, 6) is -0.244. The van der Waals surface area contributed by atoms with Gasteiger partial charge in [-0.1, -0.05) is 26.8 Å². The lowest BCUT2D eigenvalue weighted by Gasteiger charge is -2.01. The number of nitrogens with zero attached hydrogens (tertiary/aromatic N) is 2. The summed E-state index contributed by atoms with van der Waals surface area (Å²) in [4.78, 5) is 7.21. The first-order valence-electron chi connectivity index (χ1n) is 6.23. The number of hydrogen-bond acceptors (Lipinski definition) is 2. The summed E-state index contributed by atoms with van der Waals surface area (Å²) in [6, 6.07) is 4.63. The van der Waals surface area contributed by atoms with Crippen molar-refractivity contribution in [1.29, 1.82) is 0 Å². The van der Waals surface area contributed by atoms with Gasteiger partial charge in [-0.2, -0.15) is 4.39 Å². The Hall–Kier alpha value is -1.84. The Morgan fingerprint density at radius 1 is 1.11 bits per heavy atom. The normalized spacial score (nSPS) is 10.0. The van der Waals surface area contributed by atoms with Crippen molar-refractivity contribution < 1.29 is 8.78 Å². The van der Waals surface area contributed by atoms with Gasteiger partial charge in [0.2, 0.25) is 5.95 Å². The molecule has 4 heteroatoms. The fourth-order valence-corrected chi connectivity index (χ4v) is 1.38. The Morgan fingerprint density at radius 3 is 2.26 bits per heavy atom. The molecule has 0 amide bonds. The number of aromatic nitrogens is 2. The van der Waals surface area contributed by atoms with Gasteiger partial charge in [0.25, 0.3) is 0 Å². The number of pyridine rings is 2. The van der Waals surface area contributed by atoms with Crippen LogP contribution in [0.4, 0.5) is 8.78 Å². The highest BCUT2D eigenvalue weighted by Gasteiger charge is 1.97. The quantitative estimate of drug-likeness (QED) is 0.762. The molecule has 102 valence electrons. The average molecular weight is 264 g/mol. The Balaban J connectivity index is 0.000000191. The van der Waals surface area contributed by atoms with Gasteiger partial charge in [0, 0.05) is 12.4 Å². The molecule has 0 aliphatic carbocycles. The lowest BCUT2D eigenvalue weighted by molar-refractivity contribution is 0.581. The Bertz CT molecular complexity index is 496. The summed E-state index contributed by atoms with van der Waals surface area (Å²) in [6.45, 7) is 6.07. The molecular formula is C15H18F2N2. The molecule has 0 fully saturated rings. The minimum atomic E-state index is -0.413. The average Bonchev–Trinajstić information content (AvgIpc) is 2.40. The maximum Gasteiger partial charge on any atom is 0.212 e. The van der Waals surface area contributed by atoms with Crippen molar-refractivity contribution in [3.63, 3.8) is 0 Å². The van der Waals surface area contributed by atoms with Crippen LogP contribution in [0.15, 0.2) is 36.8 Å². The van der Waals surface area contributed by atoms with E-state index in [0.29, 0.717) is 5.92 Å². The summed E-state index contributed by atoms with van der Waals surface area (Å²) in [6.07, 6.45) is 5.28. The van der Waals surface area contributed by atoms with Crippen molar-refractivity contribution in [2.45, 2.75) is 33.1 Å². The molecule has 0 bridgehead atoms. The fraction of sp³-hybridized carbons (Fsp3) is 0.333. The minimum absolute atomic E-state index is 0.255. The Morgan fingerprint density at radius 2 is 1.84 bits per heavy atom. The summed E-state index contributed by atoms with van der Waals surface area (Å²) >= 11 is 0. The second kappa shape index (κ2) is 7.56. The zero-order valence-electron chi connectivity index (χ0n) is 11.4. The van der Waals surface area contributed by atoms with Crippen molar-refractivity contribution in [1.82, 2.24) is 9.97 Å². The third-order valence-electron chi connectivity index (χ3n) is 2.59. The fourth-order valence-electron chi connectivity index (χ4n) is 1.38. The van der Waals surface area contributed by atoms with Crippen LogP contribution in [-0.4, -0.2) is 9.97 Å². The largest absolute Gasteiger partial charge is 0.261 e. The van der Waals surface area contributed by atoms with Gasteiger partial charge in [-0.05, 0) is 35.6 Å². The molecule has 2 rings (SSSR count). The molecule has 0 radical (unpaired) electrons. The highest BCUT2D eigenvalue weighted by molar-refractivity contribution is 5.12. The van der Waals surface area contributed by atoms with E-state index < -0.39 is 5.95 Å². The predicted molar refractivity (Wildman–Crippen MR) is 71.9 cm³/mol. The molecule has 0 N–H and O–H groups in total. The van der Waals surface area contributed by atoms with Crippen molar-refractivity contribution in [3.05, 3.63) is 59.7 Å². The minimum Gasteiger partial charge on any atom is -0.261 e. The molecule has 2 aromatic heterocycles. The molecule has 2 nitrogen and oxygen atoms in total. The van der Waals surface area contributed by atoms with E-state index in [-0.39, 0.29) is 5.82 Å². The van der Waals surface area contributed by atoms with E-state index in [2.05, 4.69) is 23.8 Å². The number of rotatable bonds is 2. The molecule has 19 heavy (non-hydrogen) atoms. The van der Waals surface area contributed by atoms with Crippen molar-refractivity contribution >= 4 is 0 Å². The second-order valence-electron chi connectivity index (χ2n) is 4.43. The van der Waals surface area contributed by atoms with E-state index in [9.17, 15) is 8.78 Å². The number of halogens is 2. The Labute approximate surface area is 112 Å². The molecule has 2 aromatic rings. The smallest absolute Gasteiger partial charge is 0.212 e. The molecule has 0 saturated heterocycles. The van der Waals surface area contributed by atoms with Crippen LogP contribution >= 0.6 is 0 Å². The monoisotopic (exact) mass is 264 g/mol. The van der Waals surface area contributed by atoms with Crippen molar-refractivity contribution in [3.8, 4) is 0 Å². The number of aryl methyl sites for hydroxylation is 1. The van der Waals surface area contributed by atoms with Gasteiger partial charge >= 0.3 is 0 Å². The van der Waals surface area contributed by atoms with E-state index in [1.165, 1.54) is 18.3 Å². The van der Waals surface area contributed by atoms with Crippen LogP contribution in [0.5, 0.6) is 0 Å². The standard InChI is InChI=1S/C8H10FN.C7H8FN/c1-6(2)7-3-4-8(9)10-5-7;1-2-6-3-7(8)5-9-4-6/h3-6H,1-2H3;3-5H,2H2,1H3. The van der Waals surface area contributed by atoms with Gasteiger partial charge in [0.1, 0.15) is 5.82 Å². The first-order chi connectivity index (χ1) is 9.02. The van der Waals surface area contributed by atoms with Crippen LogP contribution in [0.25, 0.3) is 0 Å². The maximum atomic E-state index is 12.3. The maximum absolute atomic E-state index is 12.3. The molecule has 0 aliphatic rings. The zero-order valence-corrected chi connectivity index (χ0v) is 11.4. The molecule has 0 saturated carbocycles. The lowest BCUT2D eigenvalue weighted by Crippen LogP contribution is -1.89. The van der Waals surface area contributed by atoms with E-state index in [0.717, 1.165) is 17.5 Å². The number of hydrogen-bond donors (Lipinski definition) is 0. The molecule has 2 heterocycles. The summed E-state index contributed by atoms with van der Waals surface area (Å²) in [7, 11) is 0. The molecule has 0 aromatic carbocycles. The van der Waals surface area contributed by atoms with Crippen molar-refractivity contribution in [2.24, 2.45) is 0 Å². The zero-order chi connectivity index (χ0) is 14.3. The summed E-state index contributed by atoms with van der Waals surface area (Å²) in [5, 5.41) is 0. The van der Waals surface area contributed by atoms with Gasteiger partial charge in [-0.15, -0.1) is 0 Å². The van der Waals surface area contributed by atoms with Gasteiger partial charge in [-0.3, -0.25) is 4.98 Å². The lowest BCUT2D eigenvalue weighted by atomic mass is 10.1. The first kappa shape index (κ1) is 15.2. The topological polar surface area (TPSA) is 25.8 Å². The first-order valence-corrected chi connectivity index (χ1v) is 6.23. The Kier molecular flexibility index (Phi) is 6.06. The predicted octanol–water partition coefficient (Wildman–Crippen LogP) is 4.13. The van der Waals surface area contributed by atoms with Crippen LogP contribution in [-0.2, 0) is 6.42 Å². The van der Waals surface area contributed by atoms with Crippen LogP contribution in [0, 0.1) is 11.8 Å². The van der Waals surface area contributed by atoms with E-state index in [1.54, 1.807) is 18.5 Å². The van der Waals surface area contributed by atoms with Gasteiger partial charge in [0.15, 0.2) is 0 Å². The molecule has 0 spiro atoms. The SMILES string of the molecule is CC(C)c1ccc(F)nc1.CCc1cncc(F)c1. The van der Waals surface area contributed by atoms with Crippen LogP contribution in [0.1, 0.15) is 37.8 Å².